The minimum Gasteiger partial charge on any atom is -0.493 e. The zero-order valence-electron chi connectivity index (χ0n) is 15.9. The smallest absolute Gasteiger partial charge is 0.253 e. The van der Waals surface area contributed by atoms with Crippen LogP contribution < -0.4 is 25.4 Å². The molecule has 25 heavy (non-hydrogen) atoms. The summed E-state index contributed by atoms with van der Waals surface area (Å²) in [6, 6.07) is 3.17. The van der Waals surface area contributed by atoms with Crippen LogP contribution in [0, 0.1) is 5.41 Å². The molecule has 0 aliphatic heterocycles. The van der Waals surface area contributed by atoms with Gasteiger partial charge < -0.3 is 25.4 Å². The molecule has 7 nitrogen and oxygen atoms in total. The van der Waals surface area contributed by atoms with Gasteiger partial charge in [0.25, 0.3) is 5.91 Å². The molecule has 2 amide bonds. The van der Waals surface area contributed by atoms with Crippen LogP contribution in [0.15, 0.2) is 12.1 Å². The molecule has 0 unspecified atom stereocenters. The highest BCUT2D eigenvalue weighted by molar-refractivity contribution is 6.05. The third-order valence-electron chi connectivity index (χ3n) is 3.54. The van der Waals surface area contributed by atoms with Crippen LogP contribution in [0.25, 0.3) is 0 Å². The number of hydrogen-bond acceptors (Lipinski definition) is 5. The van der Waals surface area contributed by atoms with Gasteiger partial charge in [0.15, 0.2) is 11.5 Å². The first-order valence-electron chi connectivity index (χ1n) is 8.31. The monoisotopic (exact) mass is 351 g/mol. The highest BCUT2D eigenvalue weighted by Crippen LogP contribution is 2.34. The molecule has 1 aromatic carbocycles. The summed E-state index contributed by atoms with van der Waals surface area (Å²) in [6.45, 7) is 9.39. The van der Waals surface area contributed by atoms with E-state index >= 15 is 0 Å². The molecule has 0 spiro atoms. The average Bonchev–Trinajstić information content (AvgIpc) is 2.57. The Kier molecular flexibility index (Phi) is 7.70. The Morgan fingerprint density at radius 2 is 1.64 bits per heavy atom. The first-order valence-corrected chi connectivity index (χ1v) is 8.31. The molecule has 0 radical (unpaired) electrons. The molecule has 1 aromatic rings. The first-order chi connectivity index (χ1) is 11.7. The van der Waals surface area contributed by atoms with Crippen molar-refractivity contribution in [2.45, 2.75) is 27.7 Å². The summed E-state index contributed by atoms with van der Waals surface area (Å²) < 4.78 is 10.5. The Balaban J connectivity index is 3.14. The third kappa shape index (κ3) is 5.94. The van der Waals surface area contributed by atoms with Gasteiger partial charge in [0.2, 0.25) is 5.91 Å². The number of amides is 2. The minimum absolute atomic E-state index is 0.193. The van der Waals surface area contributed by atoms with Crippen molar-refractivity contribution < 1.29 is 19.1 Å². The highest BCUT2D eigenvalue weighted by Gasteiger charge is 2.24. The Labute approximate surface area is 149 Å². The molecular weight excluding hydrogens is 322 g/mol. The van der Waals surface area contributed by atoms with Crippen LogP contribution in [0.4, 0.5) is 5.69 Å². The fraction of sp³-hybridized carbons (Fsp3) is 0.556. The van der Waals surface area contributed by atoms with Crippen molar-refractivity contribution in [1.82, 2.24) is 10.6 Å². The molecule has 0 saturated heterocycles. The number of nitrogens with one attached hydrogen (secondary N) is 3. The van der Waals surface area contributed by atoms with E-state index in [-0.39, 0.29) is 11.8 Å². The molecule has 0 aromatic heterocycles. The Morgan fingerprint density at radius 3 is 2.16 bits per heavy atom. The van der Waals surface area contributed by atoms with Gasteiger partial charge in [-0.3, -0.25) is 9.59 Å². The number of carbonyl (C=O) groups is 2. The summed E-state index contributed by atoms with van der Waals surface area (Å²) in [4.78, 5) is 24.9. The van der Waals surface area contributed by atoms with Gasteiger partial charge in [-0.2, -0.15) is 0 Å². The number of hydrogen-bond donors (Lipinski definition) is 3. The van der Waals surface area contributed by atoms with Gasteiger partial charge in [-0.25, -0.2) is 0 Å². The Bertz CT molecular complexity index is 609. The van der Waals surface area contributed by atoms with Crippen molar-refractivity contribution in [3.63, 3.8) is 0 Å². The molecule has 0 saturated carbocycles. The van der Waals surface area contributed by atoms with Gasteiger partial charge >= 0.3 is 0 Å². The van der Waals surface area contributed by atoms with Gasteiger partial charge in [0.1, 0.15) is 0 Å². The lowest BCUT2D eigenvalue weighted by atomic mass is 9.95. The van der Waals surface area contributed by atoms with Crippen LogP contribution in [0.1, 0.15) is 38.1 Å². The standard InChI is InChI=1S/C18H29N3O4/c1-7-19-8-9-20-16(22)12-10-14(24-5)15(25-6)11-13(12)21-17(23)18(2,3)4/h10-11,19H,7-9H2,1-6H3,(H,20,22)(H,21,23). The molecule has 0 heterocycles. The largest absolute Gasteiger partial charge is 0.493 e. The number of carbonyl (C=O) groups excluding carboxylic acids is 2. The number of likely N-dealkylation sites (N-methyl/N-ethyl adjacent to an activating group) is 1. The van der Waals surface area contributed by atoms with Crippen molar-refractivity contribution in [2.75, 3.05) is 39.2 Å². The van der Waals surface area contributed by atoms with Gasteiger partial charge in [0.05, 0.1) is 25.5 Å². The Morgan fingerprint density at radius 1 is 1.04 bits per heavy atom. The Hall–Kier alpha value is -2.28. The molecule has 0 fully saturated rings. The highest BCUT2D eigenvalue weighted by atomic mass is 16.5. The second kappa shape index (κ2) is 9.27. The van der Waals surface area contributed by atoms with Crippen molar-refractivity contribution in [1.29, 1.82) is 0 Å². The lowest BCUT2D eigenvalue weighted by molar-refractivity contribution is -0.123. The molecule has 140 valence electrons. The van der Waals surface area contributed by atoms with E-state index in [0.717, 1.165) is 6.54 Å². The molecular formula is C18H29N3O4. The number of methoxy groups -OCH3 is 2. The maximum Gasteiger partial charge on any atom is 0.253 e. The summed E-state index contributed by atoms with van der Waals surface area (Å²) in [5.74, 6) is 0.383. The molecule has 7 heteroatoms. The second-order valence-corrected chi connectivity index (χ2v) is 6.57. The van der Waals surface area contributed by atoms with E-state index < -0.39 is 5.41 Å². The zero-order chi connectivity index (χ0) is 19.0. The van der Waals surface area contributed by atoms with E-state index in [1.807, 2.05) is 6.92 Å². The van der Waals surface area contributed by atoms with Crippen molar-refractivity contribution in [2.24, 2.45) is 5.41 Å². The molecule has 0 atom stereocenters. The first kappa shape index (κ1) is 20.8. The van der Waals surface area contributed by atoms with Crippen LogP contribution in [0.2, 0.25) is 0 Å². The average molecular weight is 351 g/mol. The topological polar surface area (TPSA) is 88.7 Å². The fourth-order valence-corrected chi connectivity index (χ4v) is 2.02. The van der Waals surface area contributed by atoms with Crippen LogP contribution in [-0.2, 0) is 4.79 Å². The predicted molar refractivity (Wildman–Crippen MR) is 98.5 cm³/mol. The van der Waals surface area contributed by atoms with Crippen molar-refractivity contribution in [3.05, 3.63) is 17.7 Å². The number of anilines is 1. The van der Waals surface area contributed by atoms with Gasteiger partial charge in [-0.05, 0) is 12.6 Å². The second-order valence-electron chi connectivity index (χ2n) is 6.57. The molecule has 0 bridgehead atoms. The SMILES string of the molecule is CCNCCNC(=O)c1cc(OC)c(OC)cc1NC(=O)C(C)(C)C. The summed E-state index contributed by atoms with van der Waals surface area (Å²) in [7, 11) is 3.00. The lowest BCUT2D eigenvalue weighted by Crippen LogP contribution is -2.33. The van der Waals surface area contributed by atoms with Crippen LogP contribution in [-0.4, -0.2) is 45.7 Å². The number of ether oxygens (including phenoxy) is 2. The zero-order valence-corrected chi connectivity index (χ0v) is 15.9. The van der Waals surface area contributed by atoms with E-state index in [0.29, 0.717) is 35.8 Å². The van der Waals surface area contributed by atoms with E-state index in [9.17, 15) is 9.59 Å². The van der Waals surface area contributed by atoms with Crippen molar-refractivity contribution in [3.8, 4) is 11.5 Å². The summed E-state index contributed by atoms with van der Waals surface area (Å²) >= 11 is 0. The van der Waals surface area contributed by atoms with Crippen molar-refractivity contribution >= 4 is 17.5 Å². The minimum atomic E-state index is -0.591. The maximum absolute atomic E-state index is 12.5. The van der Waals surface area contributed by atoms with Gasteiger partial charge in [-0.15, -0.1) is 0 Å². The summed E-state index contributed by atoms with van der Waals surface area (Å²) in [5, 5.41) is 8.77. The summed E-state index contributed by atoms with van der Waals surface area (Å²) in [5.41, 5.74) is 0.122. The van der Waals surface area contributed by atoms with Gasteiger partial charge in [0, 0.05) is 24.6 Å². The molecule has 3 N–H and O–H groups in total. The van der Waals surface area contributed by atoms with Crippen LogP contribution >= 0.6 is 0 Å². The van der Waals surface area contributed by atoms with E-state index in [4.69, 9.17) is 9.47 Å². The predicted octanol–water partition coefficient (Wildman–Crippen LogP) is 2.03. The normalized spacial score (nSPS) is 11.0. The van der Waals surface area contributed by atoms with E-state index in [2.05, 4.69) is 16.0 Å². The molecule has 0 aliphatic carbocycles. The van der Waals surface area contributed by atoms with Crippen LogP contribution in [0.3, 0.4) is 0 Å². The number of rotatable bonds is 8. The summed E-state index contributed by atoms with van der Waals surface area (Å²) in [6.07, 6.45) is 0. The lowest BCUT2D eigenvalue weighted by Gasteiger charge is -2.20. The molecule has 0 aliphatic rings. The number of benzene rings is 1. The third-order valence-corrected chi connectivity index (χ3v) is 3.54. The molecule has 1 rings (SSSR count). The van der Waals surface area contributed by atoms with E-state index in [1.54, 1.807) is 32.9 Å². The van der Waals surface area contributed by atoms with E-state index in [1.165, 1.54) is 14.2 Å². The van der Waals surface area contributed by atoms with Crippen LogP contribution in [0.5, 0.6) is 11.5 Å². The maximum atomic E-state index is 12.5. The fourth-order valence-electron chi connectivity index (χ4n) is 2.02. The van der Waals surface area contributed by atoms with Gasteiger partial charge in [-0.1, -0.05) is 27.7 Å². The quantitative estimate of drug-likeness (QED) is 0.624.